The molecule has 0 bridgehead atoms. The van der Waals surface area contributed by atoms with Crippen molar-refractivity contribution in [1.29, 1.82) is 0 Å². The van der Waals surface area contributed by atoms with Crippen LogP contribution in [0.1, 0.15) is 10.4 Å². The van der Waals surface area contributed by atoms with E-state index in [4.69, 9.17) is 0 Å². The van der Waals surface area contributed by atoms with Crippen molar-refractivity contribution >= 4 is 27.0 Å². The number of benzene rings is 2. The second-order valence-corrected chi connectivity index (χ2v) is 7.33. The first-order chi connectivity index (χ1) is 12.1. The van der Waals surface area contributed by atoms with Gasteiger partial charge in [0.15, 0.2) is 0 Å². The van der Waals surface area contributed by atoms with Crippen molar-refractivity contribution in [2.75, 3.05) is 0 Å². The van der Waals surface area contributed by atoms with Gasteiger partial charge in [0.1, 0.15) is 11.6 Å². The SMILES string of the molecule is Cn1c(=O)n(C)c2cc(S(=O)(=O)NC(=O)c3cc(F)cc(F)c3)ccc21. The van der Waals surface area contributed by atoms with Gasteiger partial charge in [-0.15, -0.1) is 0 Å². The van der Waals surface area contributed by atoms with Gasteiger partial charge < -0.3 is 0 Å². The monoisotopic (exact) mass is 381 g/mol. The predicted molar refractivity (Wildman–Crippen MR) is 89.2 cm³/mol. The second kappa shape index (κ2) is 6.06. The molecule has 1 heterocycles. The van der Waals surface area contributed by atoms with Crippen molar-refractivity contribution in [2.24, 2.45) is 14.1 Å². The van der Waals surface area contributed by atoms with Gasteiger partial charge in [-0.05, 0) is 30.3 Å². The lowest BCUT2D eigenvalue weighted by atomic mass is 10.2. The summed E-state index contributed by atoms with van der Waals surface area (Å²) >= 11 is 0. The topological polar surface area (TPSA) is 90.2 Å². The Balaban J connectivity index is 2.00. The molecule has 1 aromatic heterocycles. The summed E-state index contributed by atoms with van der Waals surface area (Å²) in [6.07, 6.45) is 0. The van der Waals surface area contributed by atoms with Crippen molar-refractivity contribution in [3.8, 4) is 0 Å². The highest BCUT2D eigenvalue weighted by Gasteiger charge is 2.21. The Morgan fingerprint density at radius 1 is 0.962 bits per heavy atom. The molecule has 0 aliphatic rings. The number of fused-ring (bicyclic) bond motifs is 1. The first-order valence-corrected chi connectivity index (χ1v) is 8.77. The van der Waals surface area contributed by atoms with E-state index >= 15 is 0 Å². The van der Waals surface area contributed by atoms with Crippen molar-refractivity contribution in [3.05, 3.63) is 64.1 Å². The van der Waals surface area contributed by atoms with Gasteiger partial charge in [-0.2, -0.15) is 0 Å². The molecule has 1 amide bonds. The van der Waals surface area contributed by atoms with Crippen LogP contribution in [0.25, 0.3) is 11.0 Å². The summed E-state index contributed by atoms with van der Waals surface area (Å²) in [4.78, 5) is 23.7. The van der Waals surface area contributed by atoms with E-state index in [9.17, 15) is 26.8 Å². The molecule has 26 heavy (non-hydrogen) atoms. The zero-order chi connectivity index (χ0) is 19.2. The standard InChI is InChI=1S/C16H13F2N3O4S/c1-20-13-4-3-12(8-14(13)21(2)16(20)23)26(24,25)19-15(22)9-5-10(17)7-11(18)6-9/h3-8H,1-2H3,(H,19,22). The van der Waals surface area contributed by atoms with Crippen LogP contribution in [0.3, 0.4) is 0 Å². The molecular weight excluding hydrogens is 368 g/mol. The third-order valence-electron chi connectivity index (χ3n) is 3.91. The van der Waals surface area contributed by atoms with Crippen molar-refractivity contribution in [2.45, 2.75) is 4.90 Å². The van der Waals surface area contributed by atoms with Crippen LogP contribution < -0.4 is 10.4 Å². The minimum atomic E-state index is -4.31. The lowest BCUT2D eigenvalue weighted by Crippen LogP contribution is -2.30. The van der Waals surface area contributed by atoms with Crippen LogP contribution in [0.2, 0.25) is 0 Å². The third-order valence-corrected chi connectivity index (χ3v) is 5.23. The summed E-state index contributed by atoms with van der Waals surface area (Å²) in [6, 6.07) is 5.89. The van der Waals surface area contributed by atoms with Crippen molar-refractivity contribution in [1.82, 2.24) is 13.9 Å². The number of nitrogens with zero attached hydrogens (tertiary/aromatic N) is 2. The number of carbonyl (C=O) groups excluding carboxylic acids is 1. The lowest BCUT2D eigenvalue weighted by Gasteiger charge is -2.08. The molecule has 0 radical (unpaired) electrons. The second-order valence-electron chi connectivity index (χ2n) is 5.64. The first kappa shape index (κ1) is 17.8. The summed E-state index contributed by atoms with van der Waals surface area (Å²) < 4.78 is 55.6. The third kappa shape index (κ3) is 2.99. The smallest absolute Gasteiger partial charge is 0.295 e. The number of hydrogen-bond donors (Lipinski definition) is 1. The Labute approximate surface area is 146 Å². The average Bonchev–Trinajstić information content (AvgIpc) is 2.78. The van der Waals surface area contributed by atoms with Crippen LogP contribution in [-0.2, 0) is 24.1 Å². The van der Waals surface area contributed by atoms with Gasteiger partial charge in [0.2, 0.25) is 0 Å². The molecule has 0 aliphatic heterocycles. The van der Waals surface area contributed by atoms with Crippen LogP contribution in [0.15, 0.2) is 46.1 Å². The molecular formula is C16H13F2N3O4S. The van der Waals surface area contributed by atoms with E-state index in [1.54, 1.807) is 11.8 Å². The molecule has 0 unspecified atom stereocenters. The molecule has 136 valence electrons. The molecule has 0 saturated carbocycles. The van der Waals surface area contributed by atoms with Crippen LogP contribution in [0, 0.1) is 11.6 Å². The summed E-state index contributed by atoms with van der Waals surface area (Å²) in [5.74, 6) is -3.19. The van der Waals surface area contributed by atoms with Gasteiger partial charge in [-0.25, -0.2) is 26.7 Å². The maximum atomic E-state index is 13.2. The lowest BCUT2D eigenvalue weighted by molar-refractivity contribution is 0.0980. The van der Waals surface area contributed by atoms with E-state index in [-0.39, 0.29) is 10.6 Å². The quantitative estimate of drug-likeness (QED) is 0.740. The number of carbonyl (C=O) groups is 1. The maximum Gasteiger partial charge on any atom is 0.328 e. The predicted octanol–water partition coefficient (Wildman–Crippen LogP) is 1.27. The largest absolute Gasteiger partial charge is 0.328 e. The Hall–Kier alpha value is -3.01. The van der Waals surface area contributed by atoms with Gasteiger partial charge in [-0.3, -0.25) is 13.9 Å². The summed E-state index contributed by atoms with van der Waals surface area (Å²) in [5.41, 5.74) is 0.0488. The van der Waals surface area contributed by atoms with E-state index in [2.05, 4.69) is 0 Å². The molecule has 0 atom stereocenters. The average molecular weight is 381 g/mol. The maximum absolute atomic E-state index is 13.2. The minimum Gasteiger partial charge on any atom is -0.295 e. The highest BCUT2D eigenvalue weighted by molar-refractivity contribution is 7.90. The Morgan fingerprint density at radius 2 is 1.54 bits per heavy atom. The molecule has 7 nitrogen and oxygen atoms in total. The molecule has 0 aliphatic carbocycles. The normalized spacial score (nSPS) is 11.7. The number of nitrogens with one attached hydrogen (secondary N) is 1. The number of halogens is 2. The van der Waals surface area contributed by atoms with Gasteiger partial charge in [0.05, 0.1) is 15.9 Å². The number of amides is 1. The Bertz CT molecular complexity index is 1190. The number of rotatable bonds is 3. The molecule has 1 N–H and O–H groups in total. The number of sulfonamides is 1. The van der Waals surface area contributed by atoms with Gasteiger partial charge >= 0.3 is 5.69 Å². The van der Waals surface area contributed by atoms with E-state index in [0.717, 1.165) is 12.1 Å². The fraction of sp³-hybridized carbons (Fsp3) is 0.125. The highest BCUT2D eigenvalue weighted by Crippen LogP contribution is 2.18. The number of imidazole rings is 1. The zero-order valence-electron chi connectivity index (χ0n) is 13.7. The molecule has 2 aromatic carbocycles. The van der Waals surface area contributed by atoms with Gasteiger partial charge in [0.25, 0.3) is 15.9 Å². The fourth-order valence-corrected chi connectivity index (χ4v) is 3.57. The minimum absolute atomic E-state index is 0.267. The van der Waals surface area contributed by atoms with E-state index in [1.807, 2.05) is 0 Å². The number of aryl methyl sites for hydroxylation is 2. The van der Waals surface area contributed by atoms with Gasteiger partial charge in [0, 0.05) is 25.7 Å². The van der Waals surface area contributed by atoms with Crippen molar-refractivity contribution in [3.63, 3.8) is 0 Å². The van der Waals surface area contributed by atoms with Crippen LogP contribution in [0.4, 0.5) is 8.78 Å². The van der Waals surface area contributed by atoms with Crippen molar-refractivity contribution < 1.29 is 22.0 Å². The molecule has 0 fully saturated rings. The summed E-state index contributed by atoms with van der Waals surface area (Å²) in [6.45, 7) is 0. The highest BCUT2D eigenvalue weighted by atomic mass is 32.2. The molecule has 3 rings (SSSR count). The fourth-order valence-electron chi connectivity index (χ4n) is 2.58. The van der Waals surface area contributed by atoms with Gasteiger partial charge in [-0.1, -0.05) is 0 Å². The number of hydrogen-bond acceptors (Lipinski definition) is 4. The van der Waals surface area contributed by atoms with E-state index < -0.39 is 33.1 Å². The Morgan fingerprint density at radius 3 is 2.15 bits per heavy atom. The molecule has 10 heteroatoms. The first-order valence-electron chi connectivity index (χ1n) is 7.29. The zero-order valence-corrected chi connectivity index (χ0v) is 14.5. The summed E-state index contributed by atoms with van der Waals surface area (Å²) in [7, 11) is -1.29. The van der Waals surface area contributed by atoms with E-state index in [1.165, 1.54) is 34.4 Å². The van der Waals surface area contributed by atoms with E-state index in [0.29, 0.717) is 17.1 Å². The number of aromatic nitrogens is 2. The molecule has 3 aromatic rings. The van der Waals surface area contributed by atoms with Crippen LogP contribution in [0.5, 0.6) is 0 Å². The molecule has 0 saturated heterocycles. The van der Waals surface area contributed by atoms with Crippen LogP contribution >= 0.6 is 0 Å². The molecule has 0 spiro atoms. The van der Waals surface area contributed by atoms with Crippen LogP contribution in [-0.4, -0.2) is 23.5 Å². The summed E-state index contributed by atoms with van der Waals surface area (Å²) in [5, 5.41) is 0. The Kier molecular flexibility index (Phi) is 4.15.